The lowest BCUT2D eigenvalue weighted by Crippen LogP contribution is -2.32. The molecular formula is C15H34N2O2. The van der Waals surface area contributed by atoms with Crippen molar-refractivity contribution in [1.29, 1.82) is 0 Å². The first kappa shape index (κ1) is 18.8. The molecule has 0 saturated carbocycles. The van der Waals surface area contributed by atoms with E-state index in [-0.39, 0.29) is 0 Å². The van der Waals surface area contributed by atoms with E-state index in [1.54, 1.807) is 0 Å². The van der Waals surface area contributed by atoms with Crippen molar-refractivity contribution in [1.82, 2.24) is 4.90 Å². The normalized spacial score (nSPS) is 13.1. The largest absolute Gasteiger partial charge is 0.380 e. The molecule has 1 unspecified atom stereocenters. The van der Waals surface area contributed by atoms with Crippen LogP contribution in [0.4, 0.5) is 0 Å². The summed E-state index contributed by atoms with van der Waals surface area (Å²) in [6, 6.07) is 0. The van der Waals surface area contributed by atoms with Gasteiger partial charge in [0.2, 0.25) is 0 Å². The van der Waals surface area contributed by atoms with E-state index < -0.39 is 0 Å². The Balaban J connectivity index is 3.75. The Labute approximate surface area is 119 Å². The summed E-state index contributed by atoms with van der Waals surface area (Å²) in [5.74, 6) is 0.741. The van der Waals surface area contributed by atoms with Crippen molar-refractivity contribution in [2.45, 2.75) is 40.0 Å². The second-order valence-corrected chi connectivity index (χ2v) is 5.06. The molecule has 0 aromatic carbocycles. The van der Waals surface area contributed by atoms with Gasteiger partial charge in [0.25, 0.3) is 0 Å². The second-order valence-electron chi connectivity index (χ2n) is 5.06. The van der Waals surface area contributed by atoms with Crippen molar-refractivity contribution in [3.8, 4) is 0 Å². The van der Waals surface area contributed by atoms with Crippen LogP contribution in [0.5, 0.6) is 0 Å². The van der Waals surface area contributed by atoms with E-state index in [9.17, 15) is 0 Å². The molecule has 0 amide bonds. The molecule has 0 aromatic heterocycles. The zero-order chi connectivity index (χ0) is 14.3. The summed E-state index contributed by atoms with van der Waals surface area (Å²) in [6.07, 6.45) is 3.63. The predicted octanol–water partition coefficient (Wildman–Crippen LogP) is 2.13. The smallest absolute Gasteiger partial charge is 0.0593 e. The maximum Gasteiger partial charge on any atom is 0.0593 e. The standard InChI is InChI=1S/C15H34N2O2/c1-4-18-13-11-17(12-14-19-5-2)10-6-7-15(3)8-9-16/h15H,4-14,16H2,1-3H3. The van der Waals surface area contributed by atoms with Gasteiger partial charge in [0.1, 0.15) is 0 Å². The van der Waals surface area contributed by atoms with Crippen molar-refractivity contribution < 1.29 is 9.47 Å². The van der Waals surface area contributed by atoms with Gasteiger partial charge in [-0.15, -0.1) is 0 Å². The molecule has 0 fully saturated rings. The van der Waals surface area contributed by atoms with Gasteiger partial charge < -0.3 is 15.2 Å². The SMILES string of the molecule is CCOCCN(CCCC(C)CCN)CCOCC. The molecule has 0 rings (SSSR count). The van der Waals surface area contributed by atoms with Crippen LogP contribution in [-0.4, -0.2) is 57.5 Å². The van der Waals surface area contributed by atoms with Crippen LogP contribution >= 0.6 is 0 Å². The lowest BCUT2D eigenvalue weighted by atomic mass is 10.0. The Kier molecular flexibility index (Phi) is 14.1. The van der Waals surface area contributed by atoms with Crippen LogP contribution in [0.1, 0.15) is 40.0 Å². The number of nitrogens with zero attached hydrogens (tertiary/aromatic N) is 1. The van der Waals surface area contributed by atoms with Gasteiger partial charge >= 0.3 is 0 Å². The molecule has 0 bridgehead atoms. The van der Waals surface area contributed by atoms with E-state index in [2.05, 4.69) is 11.8 Å². The first-order valence-corrected chi connectivity index (χ1v) is 7.82. The van der Waals surface area contributed by atoms with Crippen LogP contribution in [0.25, 0.3) is 0 Å². The van der Waals surface area contributed by atoms with Gasteiger partial charge in [-0.1, -0.05) is 6.92 Å². The average molecular weight is 274 g/mol. The summed E-state index contributed by atoms with van der Waals surface area (Å²) in [7, 11) is 0. The molecule has 2 N–H and O–H groups in total. The monoisotopic (exact) mass is 274 g/mol. The zero-order valence-electron chi connectivity index (χ0n) is 13.2. The average Bonchev–Trinajstić information content (AvgIpc) is 2.39. The third-order valence-corrected chi connectivity index (χ3v) is 3.34. The Morgan fingerprint density at radius 2 is 1.53 bits per heavy atom. The highest BCUT2D eigenvalue weighted by atomic mass is 16.5. The van der Waals surface area contributed by atoms with E-state index in [0.29, 0.717) is 0 Å². The first-order valence-electron chi connectivity index (χ1n) is 7.82. The van der Waals surface area contributed by atoms with E-state index in [4.69, 9.17) is 15.2 Å². The van der Waals surface area contributed by atoms with Crippen molar-refractivity contribution in [2.75, 3.05) is 52.6 Å². The molecule has 0 spiro atoms. The second kappa shape index (κ2) is 14.3. The minimum Gasteiger partial charge on any atom is -0.380 e. The van der Waals surface area contributed by atoms with Gasteiger partial charge in [-0.25, -0.2) is 0 Å². The molecule has 0 saturated heterocycles. The number of ether oxygens (including phenoxy) is 2. The van der Waals surface area contributed by atoms with E-state index in [1.807, 2.05) is 13.8 Å². The highest BCUT2D eigenvalue weighted by molar-refractivity contribution is 4.60. The summed E-state index contributed by atoms with van der Waals surface area (Å²) < 4.78 is 10.9. The minimum absolute atomic E-state index is 0.741. The highest BCUT2D eigenvalue weighted by Gasteiger charge is 2.06. The molecule has 116 valence electrons. The van der Waals surface area contributed by atoms with Crippen molar-refractivity contribution in [3.63, 3.8) is 0 Å². The molecule has 19 heavy (non-hydrogen) atoms. The summed E-state index contributed by atoms with van der Waals surface area (Å²) >= 11 is 0. The molecular weight excluding hydrogens is 240 g/mol. The molecule has 1 atom stereocenters. The topological polar surface area (TPSA) is 47.7 Å². The fraction of sp³-hybridized carbons (Fsp3) is 1.00. The summed E-state index contributed by atoms with van der Waals surface area (Å²) in [4.78, 5) is 2.44. The molecule has 0 aliphatic rings. The number of nitrogens with two attached hydrogens (primary N) is 1. The minimum atomic E-state index is 0.741. The summed E-state index contributed by atoms with van der Waals surface area (Å²) in [5, 5.41) is 0. The van der Waals surface area contributed by atoms with Crippen LogP contribution in [0.2, 0.25) is 0 Å². The van der Waals surface area contributed by atoms with Crippen molar-refractivity contribution in [3.05, 3.63) is 0 Å². The third-order valence-electron chi connectivity index (χ3n) is 3.34. The zero-order valence-corrected chi connectivity index (χ0v) is 13.2. The Bertz CT molecular complexity index is 170. The van der Waals surface area contributed by atoms with Crippen LogP contribution in [0, 0.1) is 5.92 Å². The lowest BCUT2D eigenvalue weighted by molar-refractivity contribution is 0.0816. The first-order chi connectivity index (χ1) is 9.24. The highest BCUT2D eigenvalue weighted by Crippen LogP contribution is 2.09. The van der Waals surface area contributed by atoms with Gasteiger partial charge in [-0.2, -0.15) is 0 Å². The molecule has 4 nitrogen and oxygen atoms in total. The molecule has 0 heterocycles. The Hall–Kier alpha value is -0.160. The van der Waals surface area contributed by atoms with Gasteiger partial charge in [-0.05, 0) is 52.1 Å². The van der Waals surface area contributed by atoms with Crippen LogP contribution < -0.4 is 5.73 Å². The number of rotatable bonds is 14. The van der Waals surface area contributed by atoms with Gasteiger partial charge in [-0.3, -0.25) is 4.90 Å². The van der Waals surface area contributed by atoms with Crippen molar-refractivity contribution in [2.24, 2.45) is 11.7 Å². The molecule has 4 heteroatoms. The number of hydrogen-bond acceptors (Lipinski definition) is 4. The van der Waals surface area contributed by atoms with Crippen molar-refractivity contribution >= 4 is 0 Å². The summed E-state index contributed by atoms with van der Waals surface area (Å²) in [5.41, 5.74) is 5.58. The predicted molar refractivity (Wildman–Crippen MR) is 81.5 cm³/mol. The quantitative estimate of drug-likeness (QED) is 0.493. The van der Waals surface area contributed by atoms with Crippen LogP contribution in [0.3, 0.4) is 0 Å². The molecule has 0 aliphatic heterocycles. The van der Waals surface area contributed by atoms with Gasteiger partial charge in [0.15, 0.2) is 0 Å². The molecule has 0 radical (unpaired) electrons. The maximum atomic E-state index is 5.58. The Morgan fingerprint density at radius 1 is 0.947 bits per heavy atom. The Morgan fingerprint density at radius 3 is 2.00 bits per heavy atom. The van der Waals surface area contributed by atoms with Gasteiger partial charge in [0, 0.05) is 26.3 Å². The van der Waals surface area contributed by atoms with Gasteiger partial charge in [0.05, 0.1) is 13.2 Å². The number of hydrogen-bond donors (Lipinski definition) is 1. The van der Waals surface area contributed by atoms with E-state index >= 15 is 0 Å². The third kappa shape index (κ3) is 12.6. The molecule has 0 aliphatic carbocycles. The van der Waals surface area contributed by atoms with Crippen LogP contribution in [0.15, 0.2) is 0 Å². The molecule has 0 aromatic rings. The summed E-state index contributed by atoms with van der Waals surface area (Å²) in [6.45, 7) is 13.6. The van der Waals surface area contributed by atoms with E-state index in [1.165, 1.54) is 12.8 Å². The fourth-order valence-electron chi connectivity index (χ4n) is 2.10. The maximum absolute atomic E-state index is 5.58. The van der Waals surface area contributed by atoms with E-state index in [0.717, 1.165) is 64.9 Å². The van der Waals surface area contributed by atoms with Crippen LogP contribution in [-0.2, 0) is 9.47 Å². The fourth-order valence-corrected chi connectivity index (χ4v) is 2.10. The lowest BCUT2D eigenvalue weighted by Gasteiger charge is -2.22.